The third-order valence-electron chi connectivity index (χ3n) is 5.49. The Labute approximate surface area is 158 Å². The summed E-state index contributed by atoms with van der Waals surface area (Å²) < 4.78 is 24.1. The summed E-state index contributed by atoms with van der Waals surface area (Å²) in [5.74, 6) is 1.16. The van der Waals surface area contributed by atoms with Crippen molar-refractivity contribution < 1.29 is 18.7 Å². The summed E-state index contributed by atoms with van der Waals surface area (Å²) in [5, 5.41) is 3.11. The minimum atomic E-state index is -0.224. The number of carbonyl (C=O) groups is 1. The van der Waals surface area contributed by atoms with Crippen LogP contribution in [-0.2, 0) is 19.4 Å². The Balaban J connectivity index is 1.47. The van der Waals surface area contributed by atoms with Crippen molar-refractivity contribution in [2.75, 3.05) is 20.8 Å². The Morgan fingerprint density at radius 3 is 2.56 bits per heavy atom. The molecule has 1 N–H and O–H groups in total. The van der Waals surface area contributed by atoms with Gasteiger partial charge in [-0.1, -0.05) is 6.07 Å². The smallest absolute Gasteiger partial charge is 0.318 e. The molecule has 1 unspecified atom stereocenters. The molecule has 0 aromatic heterocycles. The van der Waals surface area contributed by atoms with Crippen LogP contribution in [0, 0.1) is 5.82 Å². The summed E-state index contributed by atoms with van der Waals surface area (Å²) >= 11 is 0. The van der Waals surface area contributed by atoms with Crippen LogP contribution < -0.4 is 14.8 Å². The van der Waals surface area contributed by atoms with Gasteiger partial charge in [-0.05, 0) is 65.8 Å². The number of ether oxygens (including phenoxy) is 2. The first kappa shape index (κ1) is 17.6. The molecule has 1 aliphatic carbocycles. The van der Waals surface area contributed by atoms with Gasteiger partial charge in [0.05, 0.1) is 20.3 Å². The number of fused-ring (bicyclic) bond motifs is 2. The van der Waals surface area contributed by atoms with Crippen LogP contribution in [-0.4, -0.2) is 31.7 Å². The summed E-state index contributed by atoms with van der Waals surface area (Å²) in [5.41, 5.74) is 4.26. The van der Waals surface area contributed by atoms with E-state index >= 15 is 0 Å². The second-order valence-corrected chi connectivity index (χ2v) is 7.03. The highest BCUT2D eigenvalue weighted by Crippen LogP contribution is 2.34. The molecule has 0 radical (unpaired) electrons. The highest BCUT2D eigenvalue weighted by molar-refractivity contribution is 5.75. The SMILES string of the molecule is COc1cc2c(cc1OC)CN(C(=O)NC1CCc3cc(F)ccc31)CC2. The molecule has 0 saturated heterocycles. The maximum Gasteiger partial charge on any atom is 0.318 e. The number of amides is 2. The van der Waals surface area contributed by atoms with Crippen molar-refractivity contribution >= 4 is 6.03 Å². The van der Waals surface area contributed by atoms with Gasteiger partial charge in [0.2, 0.25) is 0 Å². The van der Waals surface area contributed by atoms with Crippen molar-refractivity contribution in [3.8, 4) is 11.5 Å². The maximum atomic E-state index is 13.4. The van der Waals surface area contributed by atoms with E-state index in [-0.39, 0.29) is 17.9 Å². The van der Waals surface area contributed by atoms with E-state index in [4.69, 9.17) is 9.47 Å². The van der Waals surface area contributed by atoms with E-state index in [0.29, 0.717) is 24.6 Å². The van der Waals surface area contributed by atoms with Crippen LogP contribution in [0.2, 0.25) is 0 Å². The van der Waals surface area contributed by atoms with Crippen molar-refractivity contribution in [1.82, 2.24) is 10.2 Å². The van der Waals surface area contributed by atoms with Gasteiger partial charge in [-0.15, -0.1) is 0 Å². The monoisotopic (exact) mass is 370 g/mol. The fourth-order valence-corrected chi connectivity index (χ4v) is 4.03. The number of hydrogen-bond donors (Lipinski definition) is 1. The Morgan fingerprint density at radius 1 is 1.07 bits per heavy atom. The minimum absolute atomic E-state index is 0.0556. The zero-order valence-corrected chi connectivity index (χ0v) is 15.5. The van der Waals surface area contributed by atoms with Crippen LogP contribution in [0.15, 0.2) is 30.3 Å². The Hall–Kier alpha value is -2.76. The van der Waals surface area contributed by atoms with E-state index in [1.807, 2.05) is 17.0 Å². The number of aryl methyl sites for hydroxylation is 1. The average molecular weight is 370 g/mol. The number of carbonyl (C=O) groups excluding carboxylic acids is 1. The van der Waals surface area contributed by atoms with E-state index in [1.165, 1.54) is 11.6 Å². The van der Waals surface area contributed by atoms with Gasteiger partial charge in [-0.25, -0.2) is 9.18 Å². The predicted octanol–water partition coefficient (Wildman–Crippen LogP) is 3.60. The number of nitrogens with zero attached hydrogens (tertiary/aromatic N) is 1. The van der Waals surface area contributed by atoms with Gasteiger partial charge in [0.15, 0.2) is 11.5 Å². The molecule has 0 bridgehead atoms. The molecule has 2 aromatic rings. The number of halogens is 1. The lowest BCUT2D eigenvalue weighted by Gasteiger charge is -2.31. The van der Waals surface area contributed by atoms with Crippen molar-refractivity contribution in [3.05, 3.63) is 58.4 Å². The van der Waals surface area contributed by atoms with Crippen molar-refractivity contribution in [2.45, 2.75) is 31.8 Å². The van der Waals surface area contributed by atoms with Crippen molar-refractivity contribution in [3.63, 3.8) is 0 Å². The molecule has 2 amide bonds. The average Bonchev–Trinajstić information content (AvgIpc) is 3.07. The molecule has 2 aromatic carbocycles. The molecule has 1 aliphatic heterocycles. The Morgan fingerprint density at radius 2 is 1.81 bits per heavy atom. The zero-order valence-electron chi connectivity index (χ0n) is 15.5. The molecule has 4 rings (SSSR count). The molecule has 142 valence electrons. The van der Waals surface area contributed by atoms with Crippen LogP contribution >= 0.6 is 0 Å². The van der Waals surface area contributed by atoms with Gasteiger partial charge in [0.1, 0.15) is 5.82 Å². The van der Waals surface area contributed by atoms with Crippen molar-refractivity contribution in [1.29, 1.82) is 0 Å². The van der Waals surface area contributed by atoms with E-state index in [1.54, 1.807) is 26.4 Å². The van der Waals surface area contributed by atoms with E-state index in [9.17, 15) is 9.18 Å². The first-order valence-corrected chi connectivity index (χ1v) is 9.16. The topological polar surface area (TPSA) is 50.8 Å². The largest absolute Gasteiger partial charge is 0.493 e. The molecule has 0 saturated carbocycles. The van der Waals surface area contributed by atoms with Gasteiger partial charge in [0.25, 0.3) is 0 Å². The normalized spacial score (nSPS) is 17.9. The number of nitrogens with one attached hydrogen (secondary N) is 1. The minimum Gasteiger partial charge on any atom is -0.493 e. The molecule has 27 heavy (non-hydrogen) atoms. The molecule has 5 nitrogen and oxygen atoms in total. The molecule has 2 aliphatic rings. The first-order valence-electron chi connectivity index (χ1n) is 9.16. The number of rotatable bonds is 3. The van der Waals surface area contributed by atoms with E-state index < -0.39 is 0 Å². The van der Waals surface area contributed by atoms with Crippen LogP contribution in [0.3, 0.4) is 0 Å². The lowest BCUT2D eigenvalue weighted by Crippen LogP contribution is -2.43. The summed E-state index contributed by atoms with van der Waals surface area (Å²) in [6.45, 7) is 1.18. The van der Waals surface area contributed by atoms with Crippen LogP contribution in [0.1, 0.15) is 34.7 Å². The first-order chi connectivity index (χ1) is 13.1. The molecule has 1 atom stereocenters. The molecular weight excluding hydrogens is 347 g/mol. The van der Waals surface area contributed by atoms with Crippen molar-refractivity contribution in [2.24, 2.45) is 0 Å². The molecular formula is C21H23FN2O3. The summed E-state index contributed by atoms with van der Waals surface area (Å²) in [6, 6.07) is 8.60. The zero-order chi connectivity index (χ0) is 19.0. The van der Waals surface area contributed by atoms with E-state index in [0.717, 1.165) is 36.0 Å². The third kappa shape index (κ3) is 3.31. The number of hydrogen-bond acceptors (Lipinski definition) is 3. The highest BCUT2D eigenvalue weighted by atomic mass is 19.1. The maximum absolute atomic E-state index is 13.4. The van der Waals surface area contributed by atoms with Gasteiger partial charge < -0.3 is 19.7 Å². The number of urea groups is 1. The summed E-state index contributed by atoms with van der Waals surface area (Å²) in [6.07, 6.45) is 2.37. The van der Waals surface area contributed by atoms with Crippen LogP contribution in [0.4, 0.5) is 9.18 Å². The van der Waals surface area contributed by atoms with Gasteiger partial charge in [0, 0.05) is 13.1 Å². The van der Waals surface area contributed by atoms with Crippen LogP contribution in [0.25, 0.3) is 0 Å². The lowest BCUT2D eigenvalue weighted by molar-refractivity contribution is 0.188. The predicted molar refractivity (Wildman–Crippen MR) is 99.7 cm³/mol. The Bertz CT molecular complexity index is 884. The number of benzene rings is 2. The third-order valence-corrected chi connectivity index (χ3v) is 5.49. The van der Waals surface area contributed by atoms with Crippen LogP contribution in [0.5, 0.6) is 11.5 Å². The van der Waals surface area contributed by atoms with Gasteiger partial charge in [-0.3, -0.25) is 0 Å². The fourth-order valence-electron chi connectivity index (χ4n) is 4.03. The summed E-state index contributed by atoms with van der Waals surface area (Å²) in [4.78, 5) is 14.6. The second kappa shape index (κ2) is 7.10. The Kier molecular flexibility index (Phi) is 4.64. The van der Waals surface area contributed by atoms with Gasteiger partial charge in [-0.2, -0.15) is 0 Å². The summed E-state index contributed by atoms with van der Waals surface area (Å²) in [7, 11) is 3.23. The fraction of sp³-hybridized carbons (Fsp3) is 0.381. The highest BCUT2D eigenvalue weighted by Gasteiger charge is 2.28. The molecule has 0 spiro atoms. The molecule has 6 heteroatoms. The molecule has 0 fully saturated rings. The van der Waals surface area contributed by atoms with E-state index in [2.05, 4.69) is 5.32 Å². The molecule has 1 heterocycles. The second-order valence-electron chi connectivity index (χ2n) is 7.03. The number of methoxy groups -OCH3 is 2. The van der Waals surface area contributed by atoms with Gasteiger partial charge >= 0.3 is 6.03 Å². The standard InChI is InChI=1S/C21H23FN2O3/c1-26-19-10-13-7-8-24(12-15(13)11-20(19)27-2)21(25)23-18-6-3-14-9-16(22)4-5-17(14)18/h4-5,9-11,18H,3,6-8,12H2,1-2H3,(H,23,25). The lowest BCUT2D eigenvalue weighted by atomic mass is 9.99. The quantitative estimate of drug-likeness (QED) is 0.898.